The molecule has 1 saturated carbocycles. The molecule has 1 heterocycles. The predicted octanol–water partition coefficient (Wildman–Crippen LogP) is 5.14. The van der Waals surface area contributed by atoms with Crippen molar-refractivity contribution in [3.63, 3.8) is 0 Å². The molecular weight excluding hydrogens is 399 g/mol. The van der Waals surface area contributed by atoms with E-state index < -0.39 is 11.3 Å². The van der Waals surface area contributed by atoms with Crippen LogP contribution in [0.15, 0.2) is 34.9 Å². The van der Waals surface area contributed by atoms with Gasteiger partial charge in [0.05, 0.1) is 15.4 Å². The Labute approximate surface area is 161 Å². The van der Waals surface area contributed by atoms with Crippen LogP contribution in [0.5, 0.6) is 5.75 Å². The van der Waals surface area contributed by atoms with Gasteiger partial charge < -0.3 is 9.26 Å². The first-order valence-electron chi connectivity index (χ1n) is 7.89. The van der Waals surface area contributed by atoms with E-state index in [1.807, 2.05) is 12.1 Å². The van der Waals surface area contributed by atoms with Crippen LogP contribution >= 0.6 is 23.2 Å². The van der Waals surface area contributed by atoms with Crippen LogP contribution in [-0.4, -0.2) is 13.9 Å². The maximum atomic E-state index is 11.0. The summed E-state index contributed by atoms with van der Waals surface area (Å²) in [5.74, 6) is 1.32. The lowest BCUT2D eigenvalue weighted by atomic mass is 10.0. The average Bonchev–Trinajstić information content (AvgIpc) is 3.38. The predicted molar refractivity (Wildman–Crippen MR) is 101 cm³/mol. The summed E-state index contributed by atoms with van der Waals surface area (Å²) in [5, 5.41) is 5.41. The zero-order valence-corrected chi connectivity index (χ0v) is 15.7. The van der Waals surface area contributed by atoms with Crippen LogP contribution in [0.1, 0.15) is 29.9 Å². The Morgan fingerprint density at radius 1 is 1.27 bits per heavy atom. The van der Waals surface area contributed by atoms with Crippen LogP contribution in [0.25, 0.3) is 11.0 Å². The van der Waals surface area contributed by atoms with Crippen molar-refractivity contribution in [1.82, 2.24) is 5.16 Å². The van der Waals surface area contributed by atoms with Gasteiger partial charge in [0, 0.05) is 6.07 Å². The Balaban J connectivity index is 1.64. The molecule has 1 unspecified atom stereocenters. The second-order valence-electron chi connectivity index (χ2n) is 6.07. The van der Waals surface area contributed by atoms with Crippen molar-refractivity contribution in [2.24, 2.45) is 0 Å². The molecule has 1 aliphatic rings. The SMILES string of the molecule is O=S(O)Nc1noc2cc(COc3ccc(Cl)c(Cl)c3)c(C3CC3)cc12. The molecule has 2 aromatic carbocycles. The Hall–Kier alpha value is -1.80. The number of hydrogen-bond acceptors (Lipinski definition) is 4. The highest BCUT2D eigenvalue weighted by molar-refractivity contribution is 7.80. The molecule has 0 bridgehead atoms. The van der Waals surface area contributed by atoms with Gasteiger partial charge >= 0.3 is 0 Å². The number of halogens is 2. The molecule has 0 saturated heterocycles. The summed E-state index contributed by atoms with van der Waals surface area (Å²) in [5.41, 5.74) is 2.64. The van der Waals surface area contributed by atoms with Gasteiger partial charge in [-0.15, -0.1) is 0 Å². The van der Waals surface area contributed by atoms with Gasteiger partial charge in [0.15, 0.2) is 11.4 Å². The minimum Gasteiger partial charge on any atom is -0.489 e. The van der Waals surface area contributed by atoms with E-state index in [1.165, 1.54) is 0 Å². The number of hydrogen-bond donors (Lipinski definition) is 2. The topological polar surface area (TPSA) is 84.6 Å². The summed E-state index contributed by atoms with van der Waals surface area (Å²) in [4.78, 5) is 0. The van der Waals surface area contributed by atoms with Crippen molar-refractivity contribution in [2.45, 2.75) is 25.4 Å². The van der Waals surface area contributed by atoms with E-state index in [1.54, 1.807) is 18.2 Å². The highest BCUT2D eigenvalue weighted by atomic mass is 35.5. The third-order valence-electron chi connectivity index (χ3n) is 4.22. The van der Waals surface area contributed by atoms with E-state index >= 15 is 0 Å². The van der Waals surface area contributed by atoms with Gasteiger partial charge in [0.25, 0.3) is 11.3 Å². The monoisotopic (exact) mass is 412 g/mol. The van der Waals surface area contributed by atoms with Crippen LogP contribution in [0, 0.1) is 0 Å². The maximum absolute atomic E-state index is 11.0. The molecule has 136 valence electrons. The fourth-order valence-corrected chi connectivity index (χ4v) is 3.43. The first-order valence-corrected chi connectivity index (χ1v) is 9.75. The number of benzene rings is 2. The molecule has 0 spiro atoms. The summed E-state index contributed by atoms with van der Waals surface area (Å²) >= 11 is 9.74. The quantitative estimate of drug-likeness (QED) is 0.547. The first-order chi connectivity index (χ1) is 12.5. The summed E-state index contributed by atoms with van der Waals surface area (Å²) < 4.78 is 33.5. The third kappa shape index (κ3) is 3.66. The van der Waals surface area contributed by atoms with Crippen LogP contribution in [0.2, 0.25) is 10.0 Å². The van der Waals surface area contributed by atoms with Crippen LogP contribution in [0.4, 0.5) is 5.82 Å². The fraction of sp³-hybridized carbons (Fsp3) is 0.235. The molecule has 1 aromatic heterocycles. The number of rotatable bonds is 6. The minimum atomic E-state index is -2.21. The molecule has 4 rings (SSSR count). The highest BCUT2D eigenvalue weighted by Gasteiger charge is 2.28. The number of fused-ring (bicyclic) bond motifs is 1. The van der Waals surface area contributed by atoms with E-state index in [4.69, 9.17) is 37.0 Å². The summed E-state index contributed by atoms with van der Waals surface area (Å²) in [6.07, 6.45) is 2.20. The van der Waals surface area contributed by atoms with E-state index in [0.717, 1.165) is 24.0 Å². The number of anilines is 1. The van der Waals surface area contributed by atoms with Crippen molar-refractivity contribution in [1.29, 1.82) is 0 Å². The van der Waals surface area contributed by atoms with Gasteiger partial charge in [-0.2, -0.15) is 0 Å². The molecule has 1 aliphatic carbocycles. The standard InChI is InChI=1S/C17H14Cl2N2O4S/c18-14-4-3-11(6-15(14)19)24-8-10-5-16-13(7-12(10)9-1-2-9)17(20-25-16)21-26(22)23/h3-7,9H,1-2,8H2,(H,20,21)(H,22,23). The number of ether oxygens (including phenoxy) is 1. The van der Waals surface area contributed by atoms with E-state index in [9.17, 15) is 4.21 Å². The number of nitrogens with zero attached hydrogens (tertiary/aromatic N) is 1. The molecule has 2 N–H and O–H groups in total. The Kier molecular flexibility index (Phi) is 4.79. The Morgan fingerprint density at radius 2 is 2.08 bits per heavy atom. The normalized spacial score (nSPS) is 15.2. The number of nitrogens with one attached hydrogen (secondary N) is 1. The maximum Gasteiger partial charge on any atom is 0.260 e. The van der Waals surface area contributed by atoms with Gasteiger partial charge in [-0.05, 0) is 54.2 Å². The smallest absolute Gasteiger partial charge is 0.260 e. The van der Waals surface area contributed by atoms with Gasteiger partial charge in [-0.1, -0.05) is 28.4 Å². The summed E-state index contributed by atoms with van der Waals surface area (Å²) in [6, 6.07) is 8.93. The van der Waals surface area contributed by atoms with E-state index in [2.05, 4.69) is 9.88 Å². The van der Waals surface area contributed by atoms with Crippen molar-refractivity contribution >= 4 is 51.3 Å². The lowest BCUT2D eigenvalue weighted by molar-refractivity contribution is 0.305. The fourth-order valence-electron chi connectivity index (χ4n) is 2.83. The van der Waals surface area contributed by atoms with Gasteiger partial charge in [0.1, 0.15) is 12.4 Å². The van der Waals surface area contributed by atoms with E-state index in [0.29, 0.717) is 39.3 Å². The molecule has 1 fully saturated rings. The first kappa shape index (κ1) is 17.6. The van der Waals surface area contributed by atoms with Crippen LogP contribution < -0.4 is 9.46 Å². The Morgan fingerprint density at radius 3 is 2.77 bits per heavy atom. The molecule has 1 atom stereocenters. The minimum absolute atomic E-state index is 0.250. The molecule has 0 aliphatic heterocycles. The lowest BCUT2D eigenvalue weighted by Crippen LogP contribution is -2.03. The zero-order valence-electron chi connectivity index (χ0n) is 13.4. The summed E-state index contributed by atoms with van der Waals surface area (Å²) in [7, 11) is 0. The molecule has 6 nitrogen and oxygen atoms in total. The highest BCUT2D eigenvalue weighted by Crippen LogP contribution is 2.44. The zero-order chi connectivity index (χ0) is 18.3. The molecule has 0 radical (unpaired) electrons. The van der Waals surface area contributed by atoms with Crippen molar-refractivity contribution in [3.8, 4) is 5.75 Å². The largest absolute Gasteiger partial charge is 0.489 e. The molecule has 26 heavy (non-hydrogen) atoms. The summed E-state index contributed by atoms with van der Waals surface area (Å²) in [6.45, 7) is 0.342. The van der Waals surface area contributed by atoms with E-state index in [-0.39, 0.29) is 5.82 Å². The molecular formula is C17H14Cl2N2O4S. The molecule has 3 aromatic rings. The van der Waals surface area contributed by atoms with Crippen molar-refractivity contribution in [3.05, 3.63) is 51.5 Å². The third-order valence-corrected chi connectivity index (χ3v) is 5.33. The second kappa shape index (κ2) is 7.08. The molecule has 0 amide bonds. The van der Waals surface area contributed by atoms with Gasteiger partial charge in [0.2, 0.25) is 0 Å². The second-order valence-corrected chi connectivity index (χ2v) is 7.59. The lowest BCUT2D eigenvalue weighted by Gasteiger charge is -2.11. The van der Waals surface area contributed by atoms with Crippen LogP contribution in [0.3, 0.4) is 0 Å². The van der Waals surface area contributed by atoms with Gasteiger partial charge in [-0.25, -0.2) is 4.21 Å². The van der Waals surface area contributed by atoms with Crippen LogP contribution in [-0.2, 0) is 17.9 Å². The van der Waals surface area contributed by atoms with Crippen molar-refractivity contribution in [2.75, 3.05) is 4.72 Å². The molecule has 9 heteroatoms. The van der Waals surface area contributed by atoms with Gasteiger partial charge in [-0.3, -0.25) is 9.27 Å². The Bertz CT molecular complexity index is 1000. The van der Waals surface area contributed by atoms with Crippen molar-refractivity contribution < 1.29 is 18.0 Å². The average molecular weight is 413 g/mol. The number of aromatic nitrogens is 1.